The van der Waals surface area contributed by atoms with Crippen molar-refractivity contribution < 1.29 is 32.6 Å². The summed E-state index contributed by atoms with van der Waals surface area (Å²) < 4.78 is 35.0. The number of ether oxygens (including phenoxy) is 2. The lowest BCUT2D eigenvalue weighted by Gasteiger charge is -2.31. The number of amides is 1. The summed E-state index contributed by atoms with van der Waals surface area (Å²) in [4.78, 5) is 25.0. The molecule has 0 spiro atoms. The van der Waals surface area contributed by atoms with Gasteiger partial charge in [0.05, 0.1) is 30.1 Å². The topological polar surface area (TPSA) is 131 Å². The van der Waals surface area contributed by atoms with Crippen molar-refractivity contribution in [3.05, 3.63) is 29.8 Å². The predicted octanol–water partition coefficient (Wildman–Crippen LogP) is 2.13. The van der Waals surface area contributed by atoms with Gasteiger partial charge in [0, 0.05) is 7.05 Å². The zero-order valence-corrected chi connectivity index (χ0v) is 22.0. The molecular formula is C24H40N2O7S. The quantitative estimate of drug-likeness (QED) is 0.247. The summed E-state index contributed by atoms with van der Waals surface area (Å²) in [6.45, 7) is 8.75. The van der Waals surface area contributed by atoms with Gasteiger partial charge >= 0.3 is 5.97 Å². The van der Waals surface area contributed by atoms with Crippen LogP contribution in [0, 0.1) is 5.41 Å². The van der Waals surface area contributed by atoms with Gasteiger partial charge in [-0.25, -0.2) is 18.6 Å². The molecule has 1 amide bonds. The zero-order valence-electron chi connectivity index (χ0n) is 21.1. The first kappa shape index (κ1) is 29.9. The van der Waals surface area contributed by atoms with Crippen molar-refractivity contribution in [3.63, 3.8) is 0 Å². The Balaban J connectivity index is 3.06. The molecule has 10 heteroatoms. The Labute approximate surface area is 203 Å². The lowest BCUT2D eigenvalue weighted by Crippen LogP contribution is -2.47. The molecule has 0 saturated heterocycles. The van der Waals surface area contributed by atoms with E-state index < -0.39 is 39.3 Å². The summed E-state index contributed by atoms with van der Waals surface area (Å²) in [7, 11) is -1.75. The van der Waals surface area contributed by atoms with Crippen LogP contribution in [0.1, 0.15) is 59.4 Å². The minimum atomic E-state index is -3.35. The third kappa shape index (κ3) is 9.23. The number of hydrazine groups is 1. The minimum Gasteiger partial charge on any atom is -0.479 e. The Bertz CT molecular complexity index is 918. The van der Waals surface area contributed by atoms with E-state index in [9.17, 15) is 18.0 Å². The number of esters is 1. The van der Waals surface area contributed by atoms with Gasteiger partial charge in [0.1, 0.15) is 5.75 Å². The molecule has 3 N–H and O–H groups in total. The van der Waals surface area contributed by atoms with Gasteiger partial charge in [-0.2, -0.15) is 0 Å². The van der Waals surface area contributed by atoms with Crippen molar-refractivity contribution in [2.75, 3.05) is 31.8 Å². The molecule has 2 unspecified atom stereocenters. The van der Waals surface area contributed by atoms with Crippen molar-refractivity contribution in [2.24, 2.45) is 5.41 Å². The second-order valence-corrected chi connectivity index (χ2v) is 11.6. The summed E-state index contributed by atoms with van der Waals surface area (Å²) in [6, 6.07) is 7.04. The second-order valence-electron chi connectivity index (χ2n) is 9.41. The van der Waals surface area contributed by atoms with Crippen LogP contribution in [0.3, 0.4) is 0 Å². The molecule has 2 atom stereocenters. The summed E-state index contributed by atoms with van der Waals surface area (Å²) in [5.74, 6) is -0.555. The first-order chi connectivity index (χ1) is 15.8. The van der Waals surface area contributed by atoms with E-state index in [1.807, 2.05) is 26.8 Å². The van der Waals surface area contributed by atoms with Gasteiger partial charge in [-0.15, -0.1) is 0 Å². The van der Waals surface area contributed by atoms with Gasteiger partial charge < -0.3 is 14.6 Å². The number of carbonyl (C=O) groups is 2. The number of aliphatic hydroxyl groups excluding tert-OH is 1. The average molecular weight is 501 g/mol. The van der Waals surface area contributed by atoms with Gasteiger partial charge in [0.25, 0.3) is 0 Å². The van der Waals surface area contributed by atoms with Crippen molar-refractivity contribution in [1.29, 1.82) is 0 Å². The van der Waals surface area contributed by atoms with Gasteiger partial charge in [0.2, 0.25) is 5.91 Å². The van der Waals surface area contributed by atoms with Crippen LogP contribution >= 0.6 is 0 Å². The molecular weight excluding hydrogens is 460 g/mol. The minimum absolute atomic E-state index is 0.0327. The smallest absolute Gasteiger partial charge is 0.347 e. The Morgan fingerprint density at radius 3 is 2.44 bits per heavy atom. The molecule has 0 saturated carbocycles. The van der Waals surface area contributed by atoms with Crippen LogP contribution < -0.4 is 15.6 Å². The highest BCUT2D eigenvalue weighted by Crippen LogP contribution is 2.35. The summed E-state index contributed by atoms with van der Waals surface area (Å²) in [5, 5.41) is 8.99. The highest BCUT2D eigenvalue weighted by atomic mass is 32.2. The molecule has 1 rings (SSSR count). The number of sulfone groups is 1. The Morgan fingerprint density at radius 1 is 1.18 bits per heavy atom. The number of nitrogens with one attached hydrogen (secondary N) is 2. The molecule has 1 aromatic rings. The lowest BCUT2D eigenvalue weighted by atomic mass is 9.75. The van der Waals surface area contributed by atoms with E-state index in [-0.39, 0.29) is 24.0 Å². The molecule has 0 radical (unpaired) electrons. The number of hydrogen-bond donors (Lipinski definition) is 3. The van der Waals surface area contributed by atoms with E-state index >= 15 is 0 Å². The summed E-state index contributed by atoms with van der Waals surface area (Å²) >= 11 is 0. The molecule has 0 aliphatic rings. The molecule has 0 heterocycles. The first-order valence-corrected chi connectivity index (χ1v) is 13.3. The van der Waals surface area contributed by atoms with E-state index in [2.05, 4.69) is 10.9 Å². The highest BCUT2D eigenvalue weighted by molar-refractivity contribution is 7.91. The van der Waals surface area contributed by atoms with Crippen molar-refractivity contribution in [1.82, 2.24) is 10.9 Å². The Morgan fingerprint density at radius 2 is 1.85 bits per heavy atom. The maximum absolute atomic E-state index is 13.0. The van der Waals surface area contributed by atoms with Crippen LogP contribution in [0.2, 0.25) is 0 Å². The maximum Gasteiger partial charge on any atom is 0.347 e. The van der Waals surface area contributed by atoms with Crippen LogP contribution in [-0.4, -0.2) is 63.3 Å². The maximum atomic E-state index is 13.0. The SMILES string of the molecule is CCOC(=O)C(C)Oc1cccc(C(C)(CCCC(C)(C)CS(=O)(=O)CCO)C(=O)NNC)c1. The van der Waals surface area contributed by atoms with Gasteiger partial charge in [-0.1, -0.05) is 32.4 Å². The third-order valence-electron chi connectivity index (χ3n) is 5.69. The van der Waals surface area contributed by atoms with Crippen molar-refractivity contribution in [2.45, 2.75) is 65.4 Å². The highest BCUT2D eigenvalue weighted by Gasteiger charge is 2.36. The van der Waals surface area contributed by atoms with E-state index in [0.29, 0.717) is 30.6 Å². The number of aliphatic hydroxyl groups is 1. The van der Waals surface area contributed by atoms with Gasteiger partial charge in [-0.3, -0.25) is 10.2 Å². The van der Waals surface area contributed by atoms with Crippen molar-refractivity contribution in [3.8, 4) is 5.75 Å². The van der Waals surface area contributed by atoms with Crippen LogP contribution in [0.4, 0.5) is 0 Å². The normalized spacial score (nSPS) is 14.7. The van der Waals surface area contributed by atoms with Gasteiger partial charge in [0.15, 0.2) is 15.9 Å². The number of carbonyl (C=O) groups excluding carboxylic acids is 2. The second kappa shape index (κ2) is 13.1. The van der Waals surface area contributed by atoms with Crippen molar-refractivity contribution >= 4 is 21.7 Å². The molecule has 9 nitrogen and oxygen atoms in total. The van der Waals surface area contributed by atoms with E-state index in [1.165, 1.54) is 0 Å². The first-order valence-electron chi connectivity index (χ1n) is 11.5. The van der Waals surface area contributed by atoms with Crippen LogP contribution in [-0.2, 0) is 29.6 Å². The number of hydrogen-bond acceptors (Lipinski definition) is 8. The Kier molecular flexibility index (Phi) is 11.5. The molecule has 0 aliphatic heterocycles. The lowest BCUT2D eigenvalue weighted by molar-refractivity contribution is -0.150. The monoisotopic (exact) mass is 500 g/mol. The molecule has 1 aromatic carbocycles. The van der Waals surface area contributed by atoms with E-state index in [1.54, 1.807) is 39.1 Å². The number of rotatable bonds is 15. The van der Waals surface area contributed by atoms with Gasteiger partial charge in [-0.05, 0) is 56.7 Å². The standard InChI is InChI=1S/C24H40N2O7S/c1-7-32-21(28)18(2)33-20-11-8-10-19(16-20)24(5,22(29)26-25-6)13-9-12-23(3,4)17-34(30,31)15-14-27/h8,10-11,16,18,25,27H,7,9,12-15,17H2,1-6H3,(H,26,29). The fourth-order valence-electron chi connectivity index (χ4n) is 3.86. The van der Waals surface area contributed by atoms with E-state index in [4.69, 9.17) is 14.6 Å². The molecule has 194 valence electrons. The largest absolute Gasteiger partial charge is 0.479 e. The van der Waals surface area contributed by atoms with Crippen LogP contribution in [0.15, 0.2) is 24.3 Å². The van der Waals surface area contributed by atoms with Crippen LogP contribution in [0.5, 0.6) is 5.75 Å². The third-order valence-corrected chi connectivity index (χ3v) is 7.71. The molecule has 34 heavy (non-hydrogen) atoms. The molecule has 0 aromatic heterocycles. The summed E-state index contributed by atoms with van der Waals surface area (Å²) in [5.41, 5.74) is 4.60. The van der Waals surface area contributed by atoms with E-state index in [0.717, 1.165) is 0 Å². The molecule has 0 fully saturated rings. The zero-order chi connectivity index (χ0) is 26.0. The Hall–Kier alpha value is -2.17. The average Bonchev–Trinajstić information content (AvgIpc) is 2.73. The fourth-order valence-corrected chi connectivity index (χ4v) is 5.62. The number of benzene rings is 1. The fraction of sp³-hybridized carbons (Fsp3) is 0.667. The molecule has 0 aliphatic carbocycles. The molecule has 0 bridgehead atoms. The van der Waals surface area contributed by atoms with Crippen LogP contribution in [0.25, 0.3) is 0 Å². The summed E-state index contributed by atoms with van der Waals surface area (Å²) in [6.07, 6.45) is 0.839. The predicted molar refractivity (Wildman–Crippen MR) is 131 cm³/mol.